The molecule has 0 unspecified atom stereocenters. The van der Waals surface area contributed by atoms with Crippen molar-refractivity contribution >= 4 is 0 Å². The van der Waals surface area contributed by atoms with Crippen molar-refractivity contribution in [3.63, 3.8) is 0 Å². The Morgan fingerprint density at radius 1 is 1.45 bits per heavy atom. The smallest absolute Gasteiger partial charge is 1.00 e. The number of phenolic OH excluding ortho intramolecular Hbond substituents is 1. The Morgan fingerprint density at radius 2 is 2.09 bits per heavy atom. The largest absolute Gasteiger partial charge is 1.00 e. The molecule has 0 radical (unpaired) electrons. The maximum absolute atomic E-state index is 9.19. The molecule has 1 nitrogen and oxygen atoms in total. The Bertz CT molecular complexity index is 238. The van der Waals surface area contributed by atoms with Gasteiger partial charge in [-0.25, -0.2) is 0 Å². The number of allylic oxidation sites excluding steroid dienone is 1. The number of rotatable bonds is 2. The number of phenols is 1. The van der Waals surface area contributed by atoms with Crippen molar-refractivity contribution in [1.82, 2.24) is 0 Å². The van der Waals surface area contributed by atoms with E-state index < -0.39 is 0 Å². The van der Waals surface area contributed by atoms with Gasteiger partial charge in [-0.2, -0.15) is 0 Å². The van der Waals surface area contributed by atoms with Crippen LogP contribution < -0.4 is 18.9 Å². The van der Waals surface area contributed by atoms with Crippen LogP contribution >= 0.6 is 0 Å². The van der Waals surface area contributed by atoms with Crippen LogP contribution in [-0.4, -0.2) is 5.11 Å². The second-order valence-corrected chi connectivity index (χ2v) is 2.12. The van der Waals surface area contributed by atoms with Crippen LogP contribution in [0.5, 0.6) is 5.75 Å². The Balaban J connectivity index is 0. The van der Waals surface area contributed by atoms with Crippen molar-refractivity contribution < 1.29 is 25.4 Å². The first-order chi connectivity index (χ1) is 4.84. The Hall–Kier alpha value is -0.643. The molecule has 0 bridgehead atoms. The van der Waals surface area contributed by atoms with Gasteiger partial charge in [0.15, 0.2) is 0 Å². The molecule has 0 fully saturated rings. The van der Waals surface area contributed by atoms with E-state index in [4.69, 9.17) is 0 Å². The van der Waals surface area contributed by atoms with E-state index in [-0.39, 0.29) is 20.3 Å². The normalized spacial score (nSPS) is 8.36. The third kappa shape index (κ3) is 2.84. The third-order valence-electron chi connectivity index (χ3n) is 1.36. The molecular weight excluding hydrogens is 131 g/mol. The molecule has 0 spiro atoms. The van der Waals surface area contributed by atoms with E-state index in [0.29, 0.717) is 5.75 Å². The molecule has 1 aromatic carbocycles. The summed E-state index contributed by atoms with van der Waals surface area (Å²) in [4.78, 5) is 0. The van der Waals surface area contributed by atoms with Crippen LogP contribution in [0, 0.1) is 0 Å². The van der Waals surface area contributed by atoms with Crippen LogP contribution in [0.2, 0.25) is 0 Å². The van der Waals surface area contributed by atoms with Gasteiger partial charge < -0.3 is 6.53 Å². The zero-order valence-corrected chi connectivity index (χ0v) is 6.75. The average Bonchev–Trinajstić information content (AvgIpc) is 1.94. The van der Waals surface area contributed by atoms with Gasteiger partial charge in [0.25, 0.3) is 0 Å². The molecule has 2 heteroatoms. The van der Waals surface area contributed by atoms with Crippen LogP contribution in [0.15, 0.2) is 36.9 Å². The summed E-state index contributed by atoms with van der Waals surface area (Å²) in [6.07, 6.45) is 2.50. The predicted octanol–water partition coefficient (Wildman–Crippen LogP) is -0.763. The van der Waals surface area contributed by atoms with Gasteiger partial charge in [-0.3, -0.25) is 0 Å². The minimum absolute atomic E-state index is 0. The van der Waals surface area contributed by atoms with E-state index >= 15 is 0 Å². The summed E-state index contributed by atoms with van der Waals surface area (Å²) in [7, 11) is 0. The maximum atomic E-state index is 9.19. The van der Waals surface area contributed by atoms with Gasteiger partial charge in [0, 0.05) is 0 Å². The van der Waals surface area contributed by atoms with Gasteiger partial charge in [0.05, 0.1) is 0 Å². The maximum Gasteiger partial charge on any atom is 1.00 e. The summed E-state index contributed by atoms with van der Waals surface area (Å²) in [5.41, 5.74) is 0.928. The summed E-state index contributed by atoms with van der Waals surface area (Å²) in [5, 5.41) is 9.19. The zero-order valence-electron chi connectivity index (χ0n) is 7.75. The minimum Gasteiger partial charge on any atom is -1.00 e. The fraction of sp³-hybridized carbons (Fsp3) is 0.111. The van der Waals surface area contributed by atoms with Crippen LogP contribution in [-0.2, 0) is 6.42 Å². The number of hydrogen-bond acceptors (Lipinski definition) is 1. The molecule has 0 aliphatic heterocycles. The van der Waals surface area contributed by atoms with Gasteiger partial charge >= 0.3 is 18.9 Å². The topological polar surface area (TPSA) is 20.2 Å². The van der Waals surface area contributed by atoms with Crippen LogP contribution in [0.1, 0.15) is 6.99 Å². The molecule has 1 N–H and O–H groups in total. The molecule has 0 aliphatic carbocycles. The van der Waals surface area contributed by atoms with Crippen molar-refractivity contribution in [1.29, 1.82) is 0 Å². The third-order valence-corrected chi connectivity index (χ3v) is 1.36. The van der Waals surface area contributed by atoms with Gasteiger partial charge in [-0.1, -0.05) is 24.3 Å². The molecule has 0 saturated heterocycles. The van der Waals surface area contributed by atoms with E-state index in [2.05, 4.69) is 6.58 Å². The summed E-state index contributed by atoms with van der Waals surface area (Å²) >= 11 is 0. The molecule has 0 atom stereocenters. The first kappa shape index (κ1) is 10.4. The second kappa shape index (κ2) is 5.07. The molecule has 0 amide bonds. The van der Waals surface area contributed by atoms with Gasteiger partial charge in [0.1, 0.15) is 5.75 Å². The van der Waals surface area contributed by atoms with Gasteiger partial charge in [0.2, 0.25) is 0 Å². The summed E-state index contributed by atoms with van der Waals surface area (Å²) in [6, 6.07) is 7.27. The van der Waals surface area contributed by atoms with Crippen molar-refractivity contribution in [2.75, 3.05) is 0 Å². The fourth-order valence-electron chi connectivity index (χ4n) is 0.839. The van der Waals surface area contributed by atoms with E-state index in [0.717, 1.165) is 12.0 Å². The molecule has 0 saturated carbocycles. The molecule has 0 aromatic heterocycles. The first-order valence-electron chi connectivity index (χ1n) is 3.22. The van der Waals surface area contributed by atoms with Crippen molar-refractivity contribution in [2.45, 2.75) is 6.42 Å². The first-order valence-corrected chi connectivity index (χ1v) is 3.22. The van der Waals surface area contributed by atoms with Crippen LogP contribution in [0.3, 0.4) is 0 Å². The van der Waals surface area contributed by atoms with E-state index in [1.807, 2.05) is 18.2 Å². The second-order valence-electron chi connectivity index (χ2n) is 2.12. The monoisotopic (exact) mass is 142 g/mol. The van der Waals surface area contributed by atoms with Crippen molar-refractivity contribution in [2.24, 2.45) is 0 Å². The Labute approximate surface area is 80.4 Å². The zero-order chi connectivity index (χ0) is 7.40. The van der Waals surface area contributed by atoms with Crippen molar-refractivity contribution in [3.8, 4) is 5.75 Å². The molecular formula is C9H11LiO. The fourth-order valence-corrected chi connectivity index (χ4v) is 0.839. The van der Waals surface area contributed by atoms with E-state index in [9.17, 15) is 5.11 Å². The summed E-state index contributed by atoms with van der Waals surface area (Å²) < 4.78 is 0. The standard InChI is InChI=1S/C9H10O.Li.H/c1-2-5-8-6-3-4-7-9(8)10;;/h2-4,6-7,10H,1,5H2;;/q;+1;-1. The Morgan fingerprint density at radius 3 is 2.64 bits per heavy atom. The predicted molar refractivity (Wildman–Crippen MR) is 43.1 cm³/mol. The van der Waals surface area contributed by atoms with Crippen LogP contribution in [0.4, 0.5) is 0 Å². The number of aromatic hydroxyl groups is 1. The van der Waals surface area contributed by atoms with Gasteiger partial charge in [-0.15, -0.1) is 6.58 Å². The summed E-state index contributed by atoms with van der Waals surface area (Å²) in [5.74, 6) is 0.349. The summed E-state index contributed by atoms with van der Waals surface area (Å²) in [6.45, 7) is 3.59. The Kier molecular flexibility index (Phi) is 4.77. The van der Waals surface area contributed by atoms with Crippen LogP contribution in [0.25, 0.3) is 0 Å². The van der Waals surface area contributed by atoms with E-state index in [1.54, 1.807) is 12.1 Å². The number of hydrogen-bond donors (Lipinski definition) is 1. The number of benzene rings is 1. The van der Waals surface area contributed by atoms with E-state index in [1.165, 1.54) is 0 Å². The minimum atomic E-state index is 0. The van der Waals surface area contributed by atoms with Gasteiger partial charge in [-0.05, 0) is 18.1 Å². The molecule has 54 valence electrons. The molecule has 11 heavy (non-hydrogen) atoms. The number of para-hydroxylation sites is 1. The molecule has 0 heterocycles. The quantitative estimate of drug-likeness (QED) is 0.425. The molecule has 1 aromatic rings. The SMILES string of the molecule is C=CCc1ccccc1O.[H-].[Li+]. The molecule has 0 aliphatic rings. The molecule has 1 rings (SSSR count). The van der Waals surface area contributed by atoms with Crippen molar-refractivity contribution in [3.05, 3.63) is 42.5 Å². The average molecular weight is 142 g/mol.